The summed E-state index contributed by atoms with van der Waals surface area (Å²) in [6, 6.07) is 17.6. The molecule has 1 aliphatic carbocycles. The number of hydrogen-bond donors (Lipinski definition) is 1. The van der Waals surface area contributed by atoms with E-state index in [1.807, 2.05) is 37.4 Å². The maximum atomic E-state index is 14.6. The minimum atomic E-state index is -0.658. The lowest BCUT2D eigenvalue weighted by Crippen LogP contribution is -2.44. The van der Waals surface area contributed by atoms with Gasteiger partial charge in [0.25, 0.3) is 5.91 Å². The quantitative estimate of drug-likeness (QED) is 0.245. The first-order chi connectivity index (χ1) is 19.3. The molecule has 0 spiro atoms. The van der Waals surface area contributed by atoms with Crippen LogP contribution in [0.2, 0.25) is 5.02 Å². The number of benzene rings is 3. The van der Waals surface area contributed by atoms with Gasteiger partial charge in [-0.05, 0) is 80.3 Å². The molecule has 0 saturated heterocycles. The fraction of sp³-hybridized carbons (Fsp3) is 0.290. The van der Waals surface area contributed by atoms with Crippen LogP contribution in [0.3, 0.4) is 0 Å². The predicted octanol–water partition coefficient (Wildman–Crippen LogP) is 7.55. The first kappa shape index (κ1) is 28.0. The van der Waals surface area contributed by atoms with Gasteiger partial charge in [0.2, 0.25) is 0 Å². The number of carbonyl (C=O) groups excluding carboxylic acids is 1. The molecule has 5 nitrogen and oxygen atoms in total. The molecular formula is C31H28ClF2N3O2S. The molecule has 5 rings (SSSR count). The highest BCUT2D eigenvalue weighted by atomic mass is 35.5. The number of halogens is 3. The lowest BCUT2D eigenvalue weighted by Gasteiger charge is -2.37. The van der Waals surface area contributed by atoms with Crippen molar-refractivity contribution in [2.24, 2.45) is 0 Å². The molecule has 1 amide bonds. The van der Waals surface area contributed by atoms with Crippen molar-refractivity contribution in [2.45, 2.75) is 44.3 Å². The fourth-order valence-electron chi connectivity index (χ4n) is 5.41. The van der Waals surface area contributed by atoms with Gasteiger partial charge in [-0.3, -0.25) is 4.79 Å². The minimum absolute atomic E-state index is 0.0348. The van der Waals surface area contributed by atoms with Crippen LogP contribution < -0.4 is 10.1 Å². The van der Waals surface area contributed by atoms with Crippen LogP contribution in [-0.4, -0.2) is 37.0 Å². The molecule has 1 N–H and O–H groups in total. The Bertz CT molecular complexity index is 1590. The van der Waals surface area contributed by atoms with Crippen molar-refractivity contribution in [3.8, 4) is 22.9 Å². The van der Waals surface area contributed by atoms with Crippen LogP contribution in [0, 0.1) is 23.0 Å². The van der Waals surface area contributed by atoms with Gasteiger partial charge in [-0.25, -0.2) is 8.78 Å². The summed E-state index contributed by atoms with van der Waals surface area (Å²) in [5.74, 6) is -1.00. The van der Waals surface area contributed by atoms with E-state index in [0.717, 1.165) is 65.8 Å². The van der Waals surface area contributed by atoms with E-state index in [1.54, 1.807) is 24.1 Å². The lowest BCUT2D eigenvalue weighted by molar-refractivity contribution is 0.0604. The van der Waals surface area contributed by atoms with Crippen LogP contribution in [0.5, 0.6) is 5.75 Å². The van der Waals surface area contributed by atoms with E-state index in [-0.39, 0.29) is 38.5 Å². The van der Waals surface area contributed by atoms with Crippen LogP contribution >= 0.6 is 22.9 Å². The monoisotopic (exact) mass is 579 g/mol. The highest BCUT2D eigenvalue weighted by Gasteiger charge is 2.33. The maximum absolute atomic E-state index is 14.6. The van der Waals surface area contributed by atoms with Gasteiger partial charge in [0.05, 0.1) is 33.9 Å². The Kier molecular flexibility index (Phi) is 8.36. The van der Waals surface area contributed by atoms with Crippen LogP contribution in [0.25, 0.3) is 21.2 Å². The summed E-state index contributed by atoms with van der Waals surface area (Å²) >= 11 is 7.43. The molecule has 206 valence electrons. The molecule has 1 heterocycles. The number of nitrogens with one attached hydrogen (secondary N) is 1. The zero-order chi connectivity index (χ0) is 28.4. The number of amides is 1. The topological polar surface area (TPSA) is 65.4 Å². The molecule has 3 aromatic carbocycles. The number of carbonyl (C=O) groups is 1. The molecule has 0 radical (unpaired) electrons. The standard InChI is InChI=1S/C31H28ClF2N3O2S/c1-36-22-8-10-23(11-9-22)37(31(38)30-28(32)27-24(33)12-13-25(34)29(27)40-30)17-21-15-20(7-14-26(21)39-2)19-5-3-18(16-35)4-6-19/h3-7,12-15,22-23,36H,8-11,17H2,1-2H3/t22-,23+. The molecule has 1 saturated carbocycles. The summed E-state index contributed by atoms with van der Waals surface area (Å²) in [7, 11) is 3.52. The number of nitrogens with zero attached hydrogens (tertiary/aromatic N) is 2. The Morgan fingerprint density at radius 1 is 1.07 bits per heavy atom. The van der Waals surface area contributed by atoms with E-state index >= 15 is 0 Å². The number of hydrogen-bond acceptors (Lipinski definition) is 5. The third-order valence-corrected chi connectivity index (χ3v) is 9.33. The predicted molar refractivity (Wildman–Crippen MR) is 155 cm³/mol. The van der Waals surface area contributed by atoms with Crippen molar-refractivity contribution in [1.29, 1.82) is 5.26 Å². The van der Waals surface area contributed by atoms with Crippen molar-refractivity contribution < 1.29 is 18.3 Å². The molecule has 4 aromatic rings. The summed E-state index contributed by atoms with van der Waals surface area (Å²) in [6.07, 6.45) is 3.35. The molecule has 0 bridgehead atoms. The normalized spacial score (nSPS) is 17.0. The second-order valence-electron chi connectivity index (χ2n) is 9.92. The van der Waals surface area contributed by atoms with Crippen LogP contribution in [-0.2, 0) is 6.54 Å². The van der Waals surface area contributed by atoms with Crippen molar-refractivity contribution in [3.63, 3.8) is 0 Å². The van der Waals surface area contributed by atoms with Gasteiger partial charge in [-0.1, -0.05) is 29.8 Å². The van der Waals surface area contributed by atoms with Crippen LogP contribution in [0.1, 0.15) is 46.5 Å². The average Bonchev–Trinajstić information content (AvgIpc) is 3.35. The molecule has 40 heavy (non-hydrogen) atoms. The van der Waals surface area contributed by atoms with Gasteiger partial charge in [0, 0.05) is 24.2 Å². The van der Waals surface area contributed by atoms with Gasteiger partial charge in [0.1, 0.15) is 22.3 Å². The molecule has 1 aliphatic rings. The second kappa shape index (κ2) is 11.9. The lowest BCUT2D eigenvalue weighted by atomic mass is 9.89. The SMILES string of the molecule is CN[C@H]1CC[C@@H](N(Cc2cc(-c3ccc(C#N)cc3)ccc2OC)C(=O)c2sc3c(F)ccc(F)c3c2Cl)CC1. The third-order valence-electron chi connectivity index (χ3n) is 7.65. The van der Waals surface area contributed by atoms with Crippen LogP contribution in [0.4, 0.5) is 8.78 Å². The number of ether oxygens (including phenoxy) is 1. The number of rotatable bonds is 7. The van der Waals surface area contributed by atoms with Gasteiger partial charge in [-0.15, -0.1) is 11.3 Å². The smallest absolute Gasteiger partial charge is 0.266 e. The first-order valence-corrected chi connectivity index (χ1v) is 14.3. The van der Waals surface area contributed by atoms with E-state index in [4.69, 9.17) is 21.6 Å². The Morgan fingerprint density at radius 3 is 2.38 bits per heavy atom. The summed E-state index contributed by atoms with van der Waals surface area (Å²) in [4.78, 5) is 16.1. The van der Waals surface area contributed by atoms with E-state index < -0.39 is 11.6 Å². The van der Waals surface area contributed by atoms with Crippen LogP contribution in [0.15, 0.2) is 54.6 Å². The molecule has 0 atom stereocenters. The zero-order valence-electron chi connectivity index (χ0n) is 22.1. The van der Waals surface area contributed by atoms with Crippen molar-refractivity contribution in [2.75, 3.05) is 14.2 Å². The largest absolute Gasteiger partial charge is 0.496 e. The average molecular weight is 580 g/mol. The summed E-state index contributed by atoms with van der Waals surface area (Å²) in [5.41, 5.74) is 3.20. The summed E-state index contributed by atoms with van der Waals surface area (Å²) < 4.78 is 34.9. The maximum Gasteiger partial charge on any atom is 0.266 e. The zero-order valence-corrected chi connectivity index (χ0v) is 23.7. The molecule has 1 fully saturated rings. The van der Waals surface area contributed by atoms with Gasteiger partial charge < -0.3 is 15.0 Å². The number of fused-ring (bicyclic) bond motifs is 1. The molecular weight excluding hydrogens is 552 g/mol. The van der Waals surface area contributed by atoms with E-state index in [1.165, 1.54) is 0 Å². The van der Waals surface area contributed by atoms with Gasteiger partial charge >= 0.3 is 0 Å². The minimum Gasteiger partial charge on any atom is -0.496 e. The summed E-state index contributed by atoms with van der Waals surface area (Å²) in [6.45, 7) is 0.233. The Morgan fingerprint density at radius 2 is 1.75 bits per heavy atom. The highest BCUT2D eigenvalue weighted by Crippen LogP contribution is 2.40. The van der Waals surface area contributed by atoms with Crippen molar-refractivity contribution in [1.82, 2.24) is 10.2 Å². The third kappa shape index (κ3) is 5.42. The van der Waals surface area contributed by atoms with Crippen molar-refractivity contribution >= 4 is 38.9 Å². The van der Waals surface area contributed by atoms with E-state index in [9.17, 15) is 13.6 Å². The van der Waals surface area contributed by atoms with Crippen molar-refractivity contribution in [3.05, 3.63) is 87.3 Å². The molecule has 9 heteroatoms. The van der Waals surface area contributed by atoms with Gasteiger partial charge in [-0.2, -0.15) is 5.26 Å². The molecule has 0 aliphatic heterocycles. The van der Waals surface area contributed by atoms with Gasteiger partial charge in [0.15, 0.2) is 0 Å². The Labute approximate surface area is 240 Å². The summed E-state index contributed by atoms with van der Waals surface area (Å²) in [5, 5.41) is 12.3. The number of methoxy groups -OCH3 is 1. The number of nitriles is 1. The molecule has 0 unspecified atom stereocenters. The van der Waals surface area contributed by atoms with E-state index in [2.05, 4.69) is 11.4 Å². The Balaban J connectivity index is 1.55. The number of thiophene rings is 1. The second-order valence-corrected chi connectivity index (χ2v) is 11.3. The fourth-order valence-corrected chi connectivity index (χ4v) is 6.92. The molecule has 1 aromatic heterocycles. The highest BCUT2D eigenvalue weighted by molar-refractivity contribution is 7.21. The first-order valence-electron chi connectivity index (χ1n) is 13.1. The van der Waals surface area contributed by atoms with E-state index in [0.29, 0.717) is 17.4 Å². The Hall–Kier alpha value is -3.51.